The van der Waals surface area contributed by atoms with E-state index < -0.39 is 9.84 Å². The summed E-state index contributed by atoms with van der Waals surface area (Å²) in [6.45, 7) is 4.93. The molecule has 0 aliphatic carbocycles. The Morgan fingerprint density at radius 3 is 2.28 bits per heavy atom. The highest BCUT2D eigenvalue weighted by Crippen LogP contribution is 2.38. The first-order valence-corrected chi connectivity index (χ1v) is 15.6. The van der Waals surface area contributed by atoms with E-state index in [1.165, 1.54) is 0 Å². The molecule has 208 valence electrons. The van der Waals surface area contributed by atoms with E-state index in [2.05, 4.69) is 18.7 Å². The zero-order valence-corrected chi connectivity index (χ0v) is 24.9. The second-order valence-electron chi connectivity index (χ2n) is 9.48. The minimum atomic E-state index is -3.67. The van der Waals surface area contributed by atoms with Gasteiger partial charge in [-0.1, -0.05) is 44.5 Å². The molecule has 0 saturated heterocycles. The number of ether oxygens (including phenoxy) is 3. The lowest BCUT2D eigenvalue weighted by Gasteiger charge is -2.28. The molecule has 1 heterocycles. The minimum Gasteiger partial charge on any atom is -0.493 e. The highest BCUT2D eigenvalue weighted by atomic mass is 32.2. The second-order valence-corrected chi connectivity index (χ2v) is 12.5. The van der Waals surface area contributed by atoms with Crippen molar-refractivity contribution in [1.29, 1.82) is 0 Å². The fourth-order valence-electron chi connectivity index (χ4n) is 4.70. The first-order valence-electron chi connectivity index (χ1n) is 13.3. The van der Waals surface area contributed by atoms with E-state index in [1.807, 2.05) is 49.5 Å². The molecule has 0 aliphatic heterocycles. The topological polar surface area (TPSA) is 65.1 Å². The Hall–Kier alpha value is -3.07. The van der Waals surface area contributed by atoms with Gasteiger partial charge >= 0.3 is 0 Å². The summed E-state index contributed by atoms with van der Waals surface area (Å²) in [4.78, 5) is 3.81. The van der Waals surface area contributed by atoms with Crippen molar-refractivity contribution >= 4 is 31.3 Å². The molecule has 6 nitrogen and oxygen atoms in total. The summed E-state index contributed by atoms with van der Waals surface area (Å²) >= 11 is 1.57. The Morgan fingerprint density at radius 2 is 1.62 bits per heavy atom. The molecular weight excluding hydrogens is 530 g/mol. The molecule has 0 radical (unpaired) electrons. The Bertz CT molecular complexity index is 1500. The van der Waals surface area contributed by atoms with Crippen LogP contribution in [0, 0.1) is 0 Å². The second kappa shape index (κ2) is 12.9. The fourth-order valence-corrected chi connectivity index (χ4v) is 8.02. The van der Waals surface area contributed by atoms with Crippen molar-refractivity contribution in [1.82, 2.24) is 4.90 Å². The van der Waals surface area contributed by atoms with Crippen LogP contribution >= 0.6 is 11.3 Å². The van der Waals surface area contributed by atoms with Gasteiger partial charge in [-0.25, -0.2) is 8.42 Å². The van der Waals surface area contributed by atoms with Crippen molar-refractivity contribution in [3.05, 3.63) is 77.2 Å². The van der Waals surface area contributed by atoms with Crippen LogP contribution in [0.25, 0.3) is 10.1 Å². The van der Waals surface area contributed by atoms with E-state index in [0.29, 0.717) is 22.1 Å². The van der Waals surface area contributed by atoms with E-state index in [-0.39, 0.29) is 11.1 Å². The SMILES string of the molecule is CCCc1sc2ccccc2c1S(=O)(=O)c1ccc(OC(CC)N(C)CCc2ccc(OC)c(OC)c2)cc1. The molecule has 1 aromatic heterocycles. The number of benzene rings is 3. The molecule has 8 heteroatoms. The van der Waals surface area contributed by atoms with Gasteiger partial charge in [-0.2, -0.15) is 0 Å². The fraction of sp³-hybridized carbons (Fsp3) is 0.355. The molecule has 0 bridgehead atoms. The first kappa shape index (κ1) is 28.9. The predicted octanol–water partition coefficient (Wildman–Crippen LogP) is 6.99. The molecule has 1 atom stereocenters. The van der Waals surface area contributed by atoms with Gasteiger partial charge in [0.25, 0.3) is 0 Å². The average molecular weight is 568 g/mol. The van der Waals surface area contributed by atoms with Crippen LogP contribution < -0.4 is 14.2 Å². The Kier molecular flexibility index (Phi) is 9.53. The summed E-state index contributed by atoms with van der Waals surface area (Å²) in [6.07, 6.45) is 3.08. The molecule has 0 saturated carbocycles. The molecule has 0 aliphatic rings. The zero-order chi connectivity index (χ0) is 28.0. The standard InChI is InChI=1S/C31H37NO5S2/c1-6-10-29-31(25-11-8-9-12-28(25)38-29)39(33,34)24-16-14-23(15-17-24)37-30(7-2)32(3)20-19-22-13-18-26(35-4)27(21-22)36-5/h8-9,11-18,21,30H,6-7,10,19-20H2,1-5H3. The van der Waals surface area contributed by atoms with Gasteiger partial charge in [-0.15, -0.1) is 11.3 Å². The summed E-state index contributed by atoms with van der Waals surface area (Å²) in [5.41, 5.74) is 1.15. The number of likely N-dealkylation sites (N-methyl/N-ethyl adjacent to an activating group) is 1. The Morgan fingerprint density at radius 1 is 0.897 bits per heavy atom. The number of methoxy groups -OCH3 is 2. The maximum Gasteiger partial charge on any atom is 0.208 e. The van der Waals surface area contributed by atoms with Gasteiger partial charge in [0.2, 0.25) is 9.84 Å². The third-order valence-corrected chi connectivity index (χ3v) is 10.1. The van der Waals surface area contributed by atoms with Crippen LogP contribution in [0.15, 0.2) is 76.5 Å². The number of rotatable bonds is 13. The number of aryl methyl sites for hydroxylation is 1. The normalized spacial score (nSPS) is 12.6. The number of hydrogen-bond acceptors (Lipinski definition) is 7. The van der Waals surface area contributed by atoms with Gasteiger partial charge in [-0.05, 0) is 74.3 Å². The quantitative estimate of drug-likeness (QED) is 0.162. The van der Waals surface area contributed by atoms with Gasteiger partial charge in [0, 0.05) is 21.5 Å². The Labute approximate surface area is 236 Å². The molecule has 0 spiro atoms. The molecule has 3 aromatic carbocycles. The zero-order valence-electron chi connectivity index (χ0n) is 23.3. The lowest BCUT2D eigenvalue weighted by Crippen LogP contribution is -2.37. The average Bonchev–Trinajstić information content (AvgIpc) is 3.33. The highest BCUT2D eigenvalue weighted by molar-refractivity contribution is 7.92. The molecule has 0 fully saturated rings. The van der Waals surface area contributed by atoms with Crippen molar-refractivity contribution in [2.45, 2.75) is 55.5 Å². The van der Waals surface area contributed by atoms with Gasteiger partial charge in [0.1, 0.15) is 5.75 Å². The Balaban J connectivity index is 1.47. The lowest BCUT2D eigenvalue weighted by atomic mass is 10.1. The van der Waals surface area contributed by atoms with Crippen LogP contribution in [0.1, 0.15) is 37.1 Å². The van der Waals surface area contributed by atoms with Crippen molar-refractivity contribution in [2.75, 3.05) is 27.8 Å². The van der Waals surface area contributed by atoms with E-state index >= 15 is 0 Å². The van der Waals surface area contributed by atoms with Gasteiger partial charge in [0.05, 0.1) is 24.0 Å². The molecule has 0 N–H and O–H groups in total. The number of thiophene rings is 1. The number of hydrogen-bond donors (Lipinski definition) is 0. The summed E-state index contributed by atoms with van der Waals surface area (Å²) in [5.74, 6) is 2.07. The molecule has 4 rings (SSSR count). The smallest absolute Gasteiger partial charge is 0.208 e. The van der Waals surface area contributed by atoms with Crippen LogP contribution in [-0.2, 0) is 22.7 Å². The largest absolute Gasteiger partial charge is 0.493 e. The predicted molar refractivity (Wildman–Crippen MR) is 158 cm³/mol. The maximum absolute atomic E-state index is 13.7. The minimum absolute atomic E-state index is 0.149. The van der Waals surface area contributed by atoms with Crippen molar-refractivity contribution in [3.63, 3.8) is 0 Å². The van der Waals surface area contributed by atoms with E-state index in [1.54, 1.807) is 49.8 Å². The van der Waals surface area contributed by atoms with Crippen LogP contribution in [0.3, 0.4) is 0 Å². The van der Waals surface area contributed by atoms with Crippen LogP contribution in [-0.4, -0.2) is 47.4 Å². The number of fused-ring (bicyclic) bond motifs is 1. The molecular formula is C31H37NO5S2. The van der Waals surface area contributed by atoms with Gasteiger partial charge in [-0.3, -0.25) is 4.90 Å². The van der Waals surface area contributed by atoms with Crippen molar-refractivity contribution in [2.24, 2.45) is 0 Å². The van der Waals surface area contributed by atoms with Crippen LogP contribution in [0.2, 0.25) is 0 Å². The number of nitrogens with zero attached hydrogens (tertiary/aromatic N) is 1. The monoisotopic (exact) mass is 567 g/mol. The maximum atomic E-state index is 13.7. The highest BCUT2D eigenvalue weighted by Gasteiger charge is 2.26. The van der Waals surface area contributed by atoms with Gasteiger partial charge < -0.3 is 14.2 Å². The summed E-state index contributed by atoms with van der Waals surface area (Å²) in [6, 6.07) is 20.5. The van der Waals surface area contributed by atoms with Crippen LogP contribution in [0.4, 0.5) is 0 Å². The van der Waals surface area contributed by atoms with Crippen molar-refractivity contribution < 1.29 is 22.6 Å². The third kappa shape index (κ3) is 6.40. The summed E-state index contributed by atoms with van der Waals surface area (Å²) < 4.78 is 45.5. The molecule has 0 amide bonds. The van der Waals surface area contributed by atoms with Gasteiger partial charge in [0.15, 0.2) is 17.7 Å². The molecule has 1 unspecified atom stereocenters. The van der Waals surface area contributed by atoms with E-state index in [0.717, 1.165) is 52.8 Å². The summed E-state index contributed by atoms with van der Waals surface area (Å²) in [5, 5.41) is 0.799. The van der Waals surface area contributed by atoms with E-state index in [9.17, 15) is 8.42 Å². The first-order chi connectivity index (χ1) is 18.8. The summed E-state index contributed by atoms with van der Waals surface area (Å²) in [7, 11) is 1.63. The molecule has 39 heavy (non-hydrogen) atoms. The number of sulfone groups is 1. The van der Waals surface area contributed by atoms with Crippen LogP contribution in [0.5, 0.6) is 17.2 Å². The third-order valence-electron chi connectivity index (χ3n) is 6.81. The van der Waals surface area contributed by atoms with Crippen molar-refractivity contribution in [3.8, 4) is 17.2 Å². The van der Waals surface area contributed by atoms with E-state index in [4.69, 9.17) is 14.2 Å². The molecule has 4 aromatic rings. The lowest BCUT2D eigenvalue weighted by molar-refractivity contribution is 0.0427.